The van der Waals surface area contributed by atoms with Crippen molar-refractivity contribution >= 4 is 5.91 Å². The number of carbonyl (C=O) groups excluding carboxylic acids is 1. The number of nitrogens with zero attached hydrogens (tertiary/aromatic N) is 1. The van der Waals surface area contributed by atoms with Gasteiger partial charge in [0.05, 0.1) is 13.7 Å². The lowest BCUT2D eigenvalue weighted by Crippen LogP contribution is -2.54. The van der Waals surface area contributed by atoms with Gasteiger partial charge in [0.1, 0.15) is 11.9 Å². The summed E-state index contributed by atoms with van der Waals surface area (Å²) >= 11 is 0. The van der Waals surface area contributed by atoms with Crippen LogP contribution in [0.25, 0.3) is 0 Å². The number of rotatable bonds is 5. The quantitative estimate of drug-likeness (QED) is 0.898. The van der Waals surface area contributed by atoms with Crippen molar-refractivity contribution in [3.8, 4) is 5.75 Å². The number of amides is 1. The molecule has 1 heterocycles. The molecule has 1 saturated carbocycles. The number of benzene rings is 1. The molecule has 1 aliphatic carbocycles. The maximum Gasteiger partial charge on any atom is 0.250 e. The Labute approximate surface area is 144 Å². The number of nitrogens with one attached hydrogen (secondary N) is 1. The standard InChI is InChI=1S/C19H28N2O3/c1-13(2)21-8-9-24-18(12-21)19(22)20-16-10-15(11-16)14-4-6-17(23-3)7-5-14/h4-7,13,15-16,18H,8-12H2,1-3H3,(H,20,22). The summed E-state index contributed by atoms with van der Waals surface area (Å²) in [7, 11) is 1.68. The van der Waals surface area contributed by atoms with Gasteiger partial charge in [0, 0.05) is 25.2 Å². The van der Waals surface area contributed by atoms with Crippen molar-refractivity contribution in [1.29, 1.82) is 0 Å². The topological polar surface area (TPSA) is 50.8 Å². The molecule has 5 heteroatoms. The highest BCUT2D eigenvalue weighted by atomic mass is 16.5. The van der Waals surface area contributed by atoms with E-state index in [9.17, 15) is 4.79 Å². The SMILES string of the molecule is COc1ccc(C2CC(NC(=O)C3CN(C(C)C)CCO3)C2)cc1. The molecule has 5 nitrogen and oxygen atoms in total. The first kappa shape index (κ1) is 17.2. The van der Waals surface area contributed by atoms with Gasteiger partial charge < -0.3 is 14.8 Å². The van der Waals surface area contributed by atoms with Crippen LogP contribution in [0.5, 0.6) is 5.75 Å². The Morgan fingerprint density at radius 2 is 2.00 bits per heavy atom. The van der Waals surface area contributed by atoms with Gasteiger partial charge in [-0.1, -0.05) is 12.1 Å². The zero-order valence-electron chi connectivity index (χ0n) is 14.8. The first-order valence-electron chi connectivity index (χ1n) is 8.86. The van der Waals surface area contributed by atoms with Crippen LogP contribution in [0.15, 0.2) is 24.3 Å². The van der Waals surface area contributed by atoms with E-state index in [4.69, 9.17) is 9.47 Å². The lowest BCUT2D eigenvalue weighted by atomic mass is 9.76. The number of methoxy groups -OCH3 is 1. The van der Waals surface area contributed by atoms with Crippen molar-refractivity contribution in [2.24, 2.45) is 0 Å². The Morgan fingerprint density at radius 1 is 1.29 bits per heavy atom. The van der Waals surface area contributed by atoms with E-state index in [1.165, 1.54) is 5.56 Å². The summed E-state index contributed by atoms with van der Waals surface area (Å²) in [6.07, 6.45) is 1.67. The van der Waals surface area contributed by atoms with E-state index >= 15 is 0 Å². The van der Waals surface area contributed by atoms with Gasteiger partial charge in [-0.2, -0.15) is 0 Å². The first-order chi connectivity index (χ1) is 11.6. The number of carbonyl (C=O) groups is 1. The first-order valence-corrected chi connectivity index (χ1v) is 8.86. The molecule has 1 aromatic rings. The fourth-order valence-corrected chi connectivity index (χ4v) is 3.47. The predicted octanol–water partition coefficient (Wildman–Crippen LogP) is 2.17. The summed E-state index contributed by atoms with van der Waals surface area (Å²) in [4.78, 5) is 14.7. The minimum Gasteiger partial charge on any atom is -0.497 e. The van der Waals surface area contributed by atoms with Crippen molar-refractivity contribution in [3.05, 3.63) is 29.8 Å². The average Bonchev–Trinajstić information content (AvgIpc) is 2.57. The molecule has 0 bridgehead atoms. The van der Waals surface area contributed by atoms with E-state index in [0.29, 0.717) is 25.1 Å². The van der Waals surface area contributed by atoms with Gasteiger partial charge in [0.15, 0.2) is 0 Å². The molecule has 2 fully saturated rings. The van der Waals surface area contributed by atoms with Crippen LogP contribution < -0.4 is 10.1 Å². The number of morpholine rings is 1. The summed E-state index contributed by atoms with van der Waals surface area (Å²) in [5, 5.41) is 3.15. The fraction of sp³-hybridized carbons (Fsp3) is 0.632. The molecule has 3 rings (SSSR count). The molecular formula is C19H28N2O3. The molecule has 1 unspecified atom stereocenters. The molecule has 1 aromatic carbocycles. The lowest BCUT2D eigenvalue weighted by Gasteiger charge is -2.39. The molecule has 1 atom stereocenters. The van der Waals surface area contributed by atoms with Gasteiger partial charge in [-0.05, 0) is 50.3 Å². The minimum atomic E-state index is -0.332. The minimum absolute atomic E-state index is 0.0403. The maximum absolute atomic E-state index is 12.4. The molecule has 1 aliphatic heterocycles. The highest BCUT2D eigenvalue weighted by Crippen LogP contribution is 2.37. The van der Waals surface area contributed by atoms with Gasteiger partial charge in [-0.15, -0.1) is 0 Å². The summed E-state index contributed by atoms with van der Waals surface area (Å²) in [6, 6.07) is 8.95. The molecule has 132 valence electrons. The van der Waals surface area contributed by atoms with Crippen LogP contribution >= 0.6 is 0 Å². The molecule has 2 aliphatic rings. The second-order valence-electron chi connectivity index (χ2n) is 7.10. The van der Waals surface area contributed by atoms with E-state index in [-0.39, 0.29) is 18.1 Å². The largest absolute Gasteiger partial charge is 0.497 e. The van der Waals surface area contributed by atoms with E-state index in [1.54, 1.807) is 7.11 Å². The summed E-state index contributed by atoms with van der Waals surface area (Å²) in [5.74, 6) is 1.45. The maximum atomic E-state index is 12.4. The van der Waals surface area contributed by atoms with Crippen molar-refractivity contribution in [3.63, 3.8) is 0 Å². The predicted molar refractivity (Wildman–Crippen MR) is 93.3 cm³/mol. The van der Waals surface area contributed by atoms with E-state index in [1.807, 2.05) is 12.1 Å². The third-order valence-electron chi connectivity index (χ3n) is 5.19. The van der Waals surface area contributed by atoms with Crippen LogP contribution in [0, 0.1) is 0 Å². The molecule has 0 aromatic heterocycles. The summed E-state index contributed by atoms with van der Waals surface area (Å²) < 4.78 is 10.9. The highest BCUT2D eigenvalue weighted by molar-refractivity contribution is 5.81. The third-order valence-corrected chi connectivity index (χ3v) is 5.19. The lowest BCUT2D eigenvalue weighted by molar-refractivity contribution is -0.140. The molecular weight excluding hydrogens is 304 g/mol. The Bertz CT molecular complexity index is 552. The molecule has 0 spiro atoms. The molecule has 24 heavy (non-hydrogen) atoms. The van der Waals surface area contributed by atoms with Crippen LogP contribution in [0.1, 0.15) is 38.2 Å². The van der Waals surface area contributed by atoms with Crippen molar-refractivity contribution in [1.82, 2.24) is 10.2 Å². The van der Waals surface area contributed by atoms with Crippen LogP contribution in [0.4, 0.5) is 0 Å². The monoisotopic (exact) mass is 332 g/mol. The smallest absolute Gasteiger partial charge is 0.250 e. The number of hydrogen-bond donors (Lipinski definition) is 1. The van der Waals surface area contributed by atoms with E-state index in [0.717, 1.165) is 25.1 Å². The molecule has 1 saturated heterocycles. The number of hydrogen-bond acceptors (Lipinski definition) is 4. The Morgan fingerprint density at radius 3 is 2.62 bits per heavy atom. The van der Waals surface area contributed by atoms with Gasteiger partial charge >= 0.3 is 0 Å². The van der Waals surface area contributed by atoms with Gasteiger partial charge in [-0.3, -0.25) is 9.69 Å². The van der Waals surface area contributed by atoms with Crippen molar-refractivity contribution in [2.45, 2.75) is 50.8 Å². The highest BCUT2D eigenvalue weighted by Gasteiger charge is 2.34. The molecule has 0 radical (unpaired) electrons. The zero-order valence-corrected chi connectivity index (χ0v) is 14.8. The van der Waals surface area contributed by atoms with Crippen molar-refractivity contribution < 1.29 is 14.3 Å². The molecule has 1 amide bonds. The Kier molecular flexibility index (Phi) is 5.41. The summed E-state index contributed by atoms with van der Waals surface area (Å²) in [6.45, 7) is 6.55. The van der Waals surface area contributed by atoms with Crippen LogP contribution in [-0.2, 0) is 9.53 Å². The van der Waals surface area contributed by atoms with Crippen LogP contribution in [0.3, 0.4) is 0 Å². The second-order valence-corrected chi connectivity index (χ2v) is 7.10. The van der Waals surface area contributed by atoms with Gasteiger partial charge in [-0.25, -0.2) is 0 Å². The van der Waals surface area contributed by atoms with Crippen molar-refractivity contribution in [2.75, 3.05) is 26.8 Å². The Balaban J connectivity index is 1.45. The second kappa shape index (κ2) is 7.53. The average molecular weight is 332 g/mol. The van der Waals surface area contributed by atoms with Gasteiger partial charge in [0.2, 0.25) is 0 Å². The van der Waals surface area contributed by atoms with Crippen LogP contribution in [-0.4, -0.2) is 55.8 Å². The summed E-state index contributed by atoms with van der Waals surface area (Å²) in [5.41, 5.74) is 1.32. The normalized spacial score (nSPS) is 27.6. The zero-order chi connectivity index (χ0) is 17.1. The third kappa shape index (κ3) is 3.90. The number of ether oxygens (including phenoxy) is 2. The van der Waals surface area contributed by atoms with E-state index < -0.39 is 0 Å². The fourth-order valence-electron chi connectivity index (χ4n) is 3.47. The van der Waals surface area contributed by atoms with Crippen LogP contribution in [0.2, 0.25) is 0 Å². The van der Waals surface area contributed by atoms with E-state index in [2.05, 4.69) is 36.2 Å². The Hall–Kier alpha value is -1.59. The molecule has 1 N–H and O–H groups in total. The van der Waals surface area contributed by atoms with Gasteiger partial charge in [0.25, 0.3) is 5.91 Å².